The predicted octanol–water partition coefficient (Wildman–Crippen LogP) is 2.57. The van der Waals surface area contributed by atoms with E-state index in [2.05, 4.69) is 10.4 Å². The number of benzene rings is 2. The van der Waals surface area contributed by atoms with Gasteiger partial charge in [-0.05, 0) is 30.0 Å². The lowest BCUT2D eigenvalue weighted by Crippen LogP contribution is -2.38. The van der Waals surface area contributed by atoms with Crippen molar-refractivity contribution in [2.24, 2.45) is 0 Å². The van der Waals surface area contributed by atoms with E-state index in [0.717, 1.165) is 15.1 Å². The maximum Gasteiger partial charge on any atom is 0.330 e. The van der Waals surface area contributed by atoms with E-state index in [0.29, 0.717) is 11.3 Å². The molecule has 0 fully saturated rings. The quantitative estimate of drug-likeness (QED) is 0.582. The number of aliphatic carboxylic acids is 1. The Kier molecular flexibility index (Phi) is 6.46. The summed E-state index contributed by atoms with van der Waals surface area (Å²) in [6.45, 7) is -0.383. The largest absolute Gasteiger partial charge is 0.479 e. The lowest BCUT2D eigenvalue weighted by molar-refractivity contribution is -0.142. The summed E-state index contributed by atoms with van der Waals surface area (Å²) < 4.78 is 1.02. The van der Waals surface area contributed by atoms with Gasteiger partial charge in [0.25, 0.3) is 5.56 Å². The highest BCUT2D eigenvalue weighted by Gasteiger charge is 2.22. The molecule has 1 atom stereocenters. The molecule has 1 unspecified atom stereocenters. The maximum atomic E-state index is 12.4. The van der Waals surface area contributed by atoms with Crippen molar-refractivity contribution in [3.63, 3.8) is 0 Å². The van der Waals surface area contributed by atoms with Crippen molar-refractivity contribution in [3.8, 4) is 11.3 Å². The summed E-state index contributed by atoms with van der Waals surface area (Å²) in [6.07, 6.45) is 1.98. The number of amides is 1. The Morgan fingerprint density at radius 1 is 1.07 bits per heavy atom. The number of carboxylic acids is 1. The number of rotatable bonds is 7. The zero-order chi connectivity index (χ0) is 20.8. The smallest absolute Gasteiger partial charge is 0.330 e. The Hall–Kier alpha value is -3.39. The Morgan fingerprint density at radius 2 is 1.76 bits per heavy atom. The highest BCUT2D eigenvalue weighted by atomic mass is 32.2. The van der Waals surface area contributed by atoms with E-state index in [-0.39, 0.29) is 6.54 Å². The predicted molar refractivity (Wildman–Crippen MR) is 111 cm³/mol. The molecule has 2 N–H and O–H groups in total. The summed E-state index contributed by atoms with van der Waals surface area (Å²) in [5.74, 6) is -1.81. The van der Waals surface area contributed by atoms with Gasteiger partial charge in [0.2, 0.25) is 5.91 Å². The Balaban J connectivity index is 1.79. The van der Waals surface area contributed by atoms with E-state index in [1.54, 1.807) is 48.2 Å². The minimum atomic E-state index is -1.21. The molecule has 29 heavy (non-hydrogen) atoms. The molecule has 148 valence electrons. The van der Waals surface area contributed by atoms with Crippen molar-refractivity contribution >= 4 is 23.6 Å². The maximum absolute atomic E-state index is 12.4. The second-order valence-electron chi connectivity index (χ2n) is 6.19. The fraction of sp³-hybridized carbons (Fsp3) is 0.143. The number of carbonyl (C=O) groups is 2. The molecule has 2 aromatic carbocycles. The lowest BCUT2D eigenvalue weighted by Gasteiger charge is -2.15. The number of nitrogens with one attached hydrogen (secondary N) is 1. The summed E-state index contributed by atoms with van der Waals surface area (Å²) in [6, 6.07) is 17.8. The molecule has 0 aliphatic carbocycles. The van der Waals surface area contributed by atoms with Crippen LogP contribution in [0.3, 0.4) is 0 Å². The molecule has 3 aromatic rings. The molecule has 0 spiro atoms. The standard InChI is InChI=1S/C21H19N3O4S/c1-29-16-9-7-14(8-10-16)17-11-12-19(26)24(23-17)13-18(25)22-20(21(27)28)15-5-3-2-4-6-15/h2-12,20H,13H2,1H3,(H,22,25)(H,27,28). The van der Waals surface area contributed by atoms with E-state index in [4.69, 9.17) is 0 Å². The van der Waals surface area contributed by atoms with E-state index in [1.165, 1.54) is 6.07 Å². The number of aromatic nitrogens is 2. The van der Waals surface area contributed by atoms with Gasteiger partial charge in [0.05, 0.1) is 5.69 Å². The van der Waals surface area contributed by atoms with Crippen molar-refractivity contribution in [1.29, 1.82) is 0 Å². The number of carbonyl (C=O) groups excluding carboxylic acids is 1. The van der Waals surface area contributed by atoms with Crippen LogP contribution in [0, 0.1) is 0 Å². The first-order valence-corrected chi connectivity index (χ1v) is 10.00. The molecule has 8 heteroatoms. The Labute approximate surface area is 171 Å². The first-order valence-electron chi connectivity index (χ1n) is 8.77. The monoisotopic (exact) mass is 409 g/mol. The minimum Gasteiger partial charge on any atom is -0.479 e. The zero-order valence-electron chi connectivity index (χ0n) is 15.6. The molecule has 1 amide bonds. The third-order valence-electron chi connectivity index (χ3n) is 4.23. The van der Waals surface area contributed by atoms with Crippen LogP contribution in [0.15, 0.2) is 76.4 Å². The summed E-state index contributed by atoms with van der Waals surface area (Å²) >= 11 is 1.62. The van der Waals surface area contributed by atoms with Crippen LogP contribution in [0.5, 0.6) is 0 Å². The van der Waals surface area contributed by atoms with Gasteiger partial charge in [-0.1, -0.05) is 42.5 Å². The first-order chi connectivity index (χ1) is 14.0. The molecular weight excluding hydrogens is 390 g/mol. The van der Waals surface area contributed by atoms with E-state index in [1.807, 2.05) is 30.5 Å². The number of nitrogens with zero attached hydrogens (tertiary/aromatic N) is 2. The molecule has 0 aliphatic heterocycles. The van der Waals surface area contributed by atoms with Crippen molar-refractivity contribution in [1.82, 2.24) is 15.1 Å². The highest BCUT2D eigenvalue weighted by molar-refractivity contribution is 7.98. The van der Waals surface area contributed by atoms with Crippen molar-refractivity contribution in [2.45, 2.75) is 17.5 Å². The van der Waals surface area contributed by atoms with E-state index in [9.17, 15) is 19.5 Å². The normalized spacial score (nSPS) is 11.6. The summed E-state index contributed by atoms with van der Waals surface area (Å²) in [5.41, 5.74) is 1.35. The minimum absolute atomic E-state index is 0.383. The highest BCUT2D eigenvalue weighted by Crippen LogP contribution is 2.20. The molecule has 0 bridgehead atoms. The van der Waals surface area contributed by atoms with Gasteiger partial charge >= 0.3 is 5.97 Å². The summed E-state index contributed by atoms with van der Waals surface area (Å²) in [4.78, 5) is 37.2. The van der Waals surface area contributed by atoms with Gasteiger partial charge in [-0.2, -0.15) is 5.10 Å². The van der Waals surface area contributed by atoms with Gasteiger partial charge in [0, 0.05) is 16.5 Å². The van der Waals surface area contributed by atoms with Gasteiger partial charge in [-0.3, -0.25) is 9.59 Å². The van der Waals surface area contributed by atoms with Crippen LogP contribution in [0.1, 0.15) is 11.6 Å². The molecular formula is C21H19N3O4S. The SMILES string of the molecule is CSc1ccc(-c2ccc(=O)n(CC(=O)NC(C(=O)O)c3ccccc3)n2)cc1. The van der Waals surface area contributed by atoms with Crippen LogP contribution < -0.4 is 10.9 Å². The third kappa shape index (κ3) is 5.11. The Bertz CT molecular complexity index is 1070. The topological polar surface area (TPSA) is 101 Å². The average Bonchev–Trinajstić information content (AvgIpc) is 2.74. The van der Waals surface area contributed by atoms with E-state index < -0.39 is 23.5 Å². The second-order valence-corrected chi connectivity index (χ2v) is 7.07. The third-order valence-corrected chi connectivity index (χ3v) is 4.97. The van der Waals surface area contributed by atoms with Gasteiger partial charge in [-0.25, -0.2) is 9.48 Å². The lowest BCUT2D eigenvalue weighted by atomic mass is 10.1. The van der Waals surface area contributed by atoms with Crippen LogP contribution in [-0.2, 0) is 16.1 Å². The number of thioether (sulfide) groups is 1. The zero-order valence-corrected chi connectivity index (χ0v) is 16.4. The van der Waals surface area contributed by atoms with Gasteiger partial charge < -0.3 is 10.4 Å². The molecule has 1 aromatic heterocycles. The number of hydrogen-bond acceptors (Lipinski definition) is 5. The van der Waals surface area contributed by atoms with Crippen molar-refractivity contribution < 1.29 is 14.7 Å². The van der Waals surface area contributed by atoms with Gasteiger partial charge in [-0.15, -0.1) is 11.8 Å². The van der Waals surface area contributed by atoms with Crippen LogP contribution in [0.25, 0.3) is 11.3 Å². The Morgan fingerprint density at radius 3 is 2.38 bits per heavy atom. The molecule has 0 radical (unpaired) electrons. The fourth-order valence-electron chi connectivity index (χ4n) is 2.75. The second kappa shape index (κ2) is 9.20. The number of carboxylic acid groups (broad SMARTS) is 1. The van der Waals surface area contributed by atoms with Gasteiger partial charge in [0.1, 0.15) is 6.54 Å². The first kappa shape index (κ1) is 20.3. The molecule has 0 aliphatic rings. The van der Waals surface area contributed by atoms with Crippen molar-refractivity contribution in [3.05, 3.63) is 82.6 Å². The fourth-order valence-corrected chi connectivity index (χ4v) is 3.16. The molecule has 1 heterocycles. The molecule has 0 saturated heterocycles. The molecule has 3 rings (SSSR count). The van der Waals surface area contributed by atoms with Gasteiger partial charge in [0.15, 0.2) is 6.04 Å². The van der Waals surface area contributed by atoms with Crippen LogP contribution in [-0.4, -0.2) is 33.0 Å². The molecule has 0 saturated carbocycles. The van der Waals surface area contributed by atoms with Crippen molar-refractivity contribution in [2.75, 3.05) is 6.26 Å². The van der Waals surface area contributed by atoms with E-state index >= 15 is 0 Å². The average molecular weight is 409 g/mol. The number of hydrogen-bond donors (Lipinski definition) is 2. The van der Waals surface area contributed by atoms with Crippen LogP contribution in [0.2, 0.25) is 0 Å². The van der Waals surface area contributed by atoms with Crippen LogP contribution >= 0.6 is 11.8 Å². The summed E-state index contributed by atoms with van der Waals surface area (Å²) in [5, 5.41) is 16.1. The summed E-state index contributed by atoms with van der Waals surface area (Å²) in [7, 11) is 0. The van der Waals surface area contributed by atoms with Crippen LogP contribution in [0.4, 0.5) is 0 Å². The molecule has 7 nitrogen and oxygen atoms in total.